The van der Waals surface area contributed by atoms with E-state index in [2.05, 4.69) is 10.6 Å². The van der Waals surface area contributed by atoms with Crippen LogP contribution in [0.5, 0.6) is 5.75 Å². The van der Waals surface area contributed by atoms with Gasteiger partial charge in [-0.3, -0.25) is 4.79 Å². The number of para-hydroxylation sites is 1. The van der Waals surface area contributed by atoms with Gasteiger partial charge in [-0.25, -0.2) is 0 Å². The third-order valence-electron chi connectivity index (χ3n) is 3.31. The predicted molar refractivity (Wildman–Crippen MR) is 80.6 cm³/mol. The van der Waals surface area contributed by atoms with Crippen molar-refractivity contribution in [2.45, 2.75) is 13.0 Å². The molecule has 1 unspecified atom stereocenters. The van der Waals surface area contributed by atoms with Crippen LogP contribution < -0.4 is 15.4 Å². The van der Waals surface area contributed by atoms with E-state index in [4.69, 9.17) is 4.74 Å². The Hall–Kier alpha value is -2.01. The van der Waals surface area contributed by atoms with Gasteiger partial charge in [-0.05, 0) is 41.4 Å². The van der Waals surface area contributed by atoms with Crippen molar-refractivity contribution in [3.63, 3.8) is 0 Å². The first kappa shape index (κ1) is 13.0. The Morgan fingerprint density at radius 2 is 2.35 bits per heavy atom. The number of fused-ring (bicyclic) bond motifs is 1. The molecule has 0 radical (unpaired) electrons. The summed E-state index contributed by atoms with van der Waals surface area (Å²) in [4.78, 5) is 12.4. The van der Waals surface area contributed by atoms with Gasteiger partial charge in [0.2, 0.25) is 0 Å². The lowest BCUT2D eigenvalue weighted by Crippen LogP contribution is -2.28. The molecule has 1 aliphatic rings. The highest BCUT2D eigenvalue weighted by Gasteiger charge is 2.20. The minimum Gasteiger partial charge on any atom is -0.489 e. The normalized spacial score (nSPS) is 14.7. The van der Waals surface area contributed by atoms with E-state index < -0.39 is 0 Å². The molecule has 0 saturated heterocycles. The number of hydrogen-bond donors (Lipinski definition) is 2. The van der Waals surface area contributed by atoms with Crippen LogP contribution in [0, 0.1) is 0 Å². The third-order valence-corrected chi connectivity index (χ3v) is 4.02. The van der Waals surface area contributed by atoms with E-state index in [0.717, 1.165) is 17.8 Å². The van der Waals surface area contributed by atoms with Crippen LogP contribution in [0.1, 0.15) is 28.9 Å². The highest BCUT2D eigenvalue weighted by Crippen LogP contribution is 2.31. The summed E-state index contributed by atoms with van der Waals surface area (Å²) in [7, 11) is 0. The Bertz CT molecular complexity index is 610. The molecule has 0 spiro atoms. The van der Waals surface area contributed by atoms with Crippen molar-refractivity contribution in [2.24, 2.45) is 0 Å². The maximum Gasteiger partial charge on any atom is 0.255 e. The van der Waals surface area contributed by atoms with Gasteiger partial charge in [-0.15, -0.1) is 0 Å². The van der Waals surface area contributed by atoms with Crippen molar-refractivity contribution in [1.29, 1.82) is 0 Å². The molecular formula is C15H16N2O2S. The summed E-state index contributed by atoms with van der Waals surface area (Å²) in [5, 5.41) is 10.3. The van der Waals surface area contributed by atoms with E-state index in [1.165, 1.54) is 0 Å². The average molecular weight is 288 g/mol. The lowest BCUT2D eigenvalue weighted by Gasteiger charge is -2.22. The minimum atomic E-state index is -0.107. The number of rotatable bonds is 3. The van der Waals surface area contributed by atoms with E-state index in [9.17, 15) is 4.79 Å². The Morgan fingerprint density at radius 1 is 1.45 bits per heavy atom. The maximum atomic E-state index is 12.4. The van der Waals surface area contributed by atoms with Crippen LogP contribution in [-0.4, -0.2) is 19.1 Å². The average Bonchev–Trinajstić information content (AvgIpc) is 3.01. The van der Waals surface area contributed by atoms with Crippen molar-refractivity contribution >= 4 is 22.9 Å². The molecule has 1 amide bonds. The van der Waals surface area contributed by atoms with Crippen molar-refractivity contribution < 1.29 is 9.53 Å². The van der Waals surface area contributed by atoms with Crippen molar-refractivity contribution in [2.75, 3.05) is 18.5 Å². The number of benzene rings is 1. The molecule has 5 heteroatoms. The molecule has 20 heavy (non-hydrogen) atoms. The van der Waals surface area contributed by atoms with Crippen molar-refractivity contribution in [1.82, 2.24) is 5.32 Å². The van der Waals surface area contributed by atoms with Gasteiger partial charge in [0.25, 0.3) is 5.91 Å². The van der Waals surface area contributed by atoms with Gasteiger partial charge in [0.15, 0.2) is 5.75 Å². The zero-order valence-electron chi connectivity index (χ0n) is 11.2. The molecule has 1 atom stereocenters. The van der Waals surface area contributed by atoms with Gasteiger partial charge in [0.05, 0.1) is 17.3 Å². The Kier molecular flexibility index (Phi) is 3.60. The first-order valence-corrected chi connectivity index (χ1v) is 7.52. The Balaban J connectivity index is 1.81. The predicted octanol–water partition coefficient (Wildman–Crippen LogP) is 3.04. The number of carbonyl (C=O) groups is 1. The maximum absolute atomic E-state index is 12.4. The van der Waals surface area contributed by atoms with Crippen LogP contribution in [0.3, 0.4) is 0 Å². The molecular weight excluding hydrogens is 272 g/mol. The molecule has 1 aromatic heterocycles. The second kappa shape index (κ2) is 5.54. The van der Waals surface area contributed by atoms with Crippen molar-refractivity contribution in [3.8, 4) is 5.75 Å². The monoisotopic (exact) mass is 288 g/mol. The van der Waals surface area contributed by atoms with Crippen molar-refractivity contribution in [3.05, 3.63) is 46.2 Å². The lowest BCUT2D eigenvalue weighted by molar-refractivity contribution is 0.0936. The van der Waals surface area contributed by atoms with Crippen LogP contribution in [0.25, 0.3) is 0 Å². The molecule has 3 rings (SSSR count). The first-order valence-electron chi connectivity index (χ1n) is 6.58. The molecule has 2 N–H and O–H groups in total. The molecule has 104 valence electrons. The van der Waals surface area contributed by atoms with E-state index in [1.807, 2.05) is 35.9 Å². The zero-order valence-corrected chi connectivity index (χ0v) is 12.0. The van der Waals surface area contributed by atoms with Crippen LogP contribution in [0.4, 0.5) is 5.69 Å². The van der Waals surface area contributed by atoms with Gasteiger partial charge in [-0.2, -0.15) is 11.3 Å². The molecule has 0 fully saturated rings. The fourth-order valence-electron chi connectivity index (χ4n) is 2.23. The van der Waals surface area contributed by atoms with E-state index in [0.29, 0.717) is 17.9 Å². The smallest absolute Gasteiger partial charge is 0.255 e. The van der Waals surface area contributed by atoms with Gasteiger partial charge in [0.1, 0.15) is 6.61 Å². The minimum absolute atomic E-state index is 0.0128. The molecule has 2 aromatic rings. The number of anilines is 1. The topological polar surface area (TPSA) is 50.4 Å². The number of carbonyl (C=O) groups excluding carboxylic acids is 1. The largest absolute Gasteiger partial charge is 0.489 e. The lowest BCUT2D eigenvalue weighted by atomic mass is 10.1. The van der Waals surface area contributed by atoms with Gasteiger partial charge in [-0.1, -0.05) is 6.07 Å². The standard InChI is InChI=1S/C15H16N2O2S/c1-10(11-5-8-20-9-11)17-15(18)12-3-2-4-13-14(12)19-7-6-16-13/h2-5,8-10,16H,6-7H2,1H3,(H,17,18). The van der Waals surface area contributed by atoms with E-state index >= 15 is 0 Å². The molecule has 0 saturated carbocycles. The Morgan fingerprint density at radius 3 is 3.15 bits per heavy atom. The fraction of sp³-hybridized carbons (Fsp3) is 0.267. The van der Waals surface area contributed by atoms with Gasteiger partial charge < -0.3 is 15.4 Å². The molecule has 4 nitrogen and oxygen atoms in total. The first-order chi connectivity index (χ1) is 9.75. The second-order valence-corrected chi connectivity index (χ2v) is 5.49. The number of nitrogens with one attached hydrogen (secondary N) is 2. The Labute approximate surface area is 121 Å². The van der Waals surface area contributed by atoms with Gasteiger partial charge >= 0.3 is 0 Å². The third kappa shape index (κ3) is 2.49. The summed E-state index contributed by atoms with van der Waals surface area (Å²) in [5.41, 5.74) is 2.58. The van der Waals surface area contributed by atoms with Crippen LogP contribution in [0.15, 0.2) is 35.0 Å². The van der Waals surface area contributed by atoms with Crippen LogP contribution in [0.2, 0.25) is 0 Å². The molecule has 1 aromatic carbocycles. The van der Waals surface area contributed by atoms with Crippen LogP contribution >= 0.6 is 11.3 Å². The quantitative estimate of drug-likeness (QED) is 0.912. The fourth-order valence-corrected chi connectivity index (χ4v) is 2.98. The molecule has 2 heterocycles. The number of thiophene rings is 1. The highest BCUT2D eigenvalue weighted by molar-refractivity contribution is 7.07. The summed E-state index contributed by atoms with van der Waals surface area (Å²) in [6.45, 7) is 3.33. The number of amides is 1. The second-order valence-electron chi connectivity index (χ2n) is 4.71. The molecule has 0 bridgehead atoms. The number of ether oxygens (including phenoxy) is 1. The summed E-state index contributed by atoms with van der Waals surface area (Å²) in [6, 6.07) is 7.59. The van der Waals surface area contributed by atoms with Gasteiger partial charge in [0, 0.05) is 6.54 Å². The highest BCUT2D eigenvalue weighted by atomic mass is 32.1. The molecule has 1 aliphatic heterocycles. The summed E-state index contributed by atoms with van der Waals surface area (Å²) >= 11 is 1.63. The van der Waals surface area contributed by atoms with Crippen LogP contribution in [-0.2, 0) is 0 Å². The molecule has 0 aliphatic carbocycles. The van der Waals surface area contributed by atoms with E-state index in [-0.39, 0.29) is 11.9 Å². The summed E-state index contributed by atoms with van der Waals surface area (Å²) in [5.74, 6) is 0.540. The zero-order chi connectivity index (χ0) is 13.9. The van der Waals surface area contributed by atoms with E-state index in [1.54, 1.807) is 17.4 Å². The summed E-state index contributed by atoms with van der Waals surface area (Å²) in [6.07, 6.45) is 0. The number of hydrogen-bond acceptors (Lipinski definition) is 4. The SMILES string of the molecule is CC(NC(=O)c1cccc2c1OCCN2)c1ccsc1. The summed E-state index contributed by atoms with van der Waals surface area (Å²) < 4.78 is 5.63.